The first-order valence-corrected chi connectivity index (χ1v) is 6.49. The van der Waals surface area contributed by atoms with Gasteiger partial charge in [0.05, 0.1) is 18.9 Å². The van der Waals surface area contributed by atoms with Gasteiger partial charge in [-0.05, 0) is 13.0 Å². The molecule has 0 bridgehead atoms. The number of carbonyl (C=O) groups is 1. The Morgan fingerprint density at radius 1 is 1.50 bits per heavy atom. The third-order valence-electron chi connectivity index (χ3n) is 3.03. The molecule has 0 fully saturated rings. The number of aromatic nitrogens is 2. The highest BCUT2D eigenvalue weighted by atomic mass is 16.5. The second kappa shape index (κ2) is 6.66. The van der Waals surface area contributed by atoms with E-state index in [1.165, 1.54) is 23.9 Å². The summed E-state index contributed by atoms with van der Waals surface area (Å²) in [5.41, 5.74) is 1.09. The summed E-state index contributed by atoms with van der Waals surface area (Å²) >= 11 is 0. The maximum absolute atomic E-state index is 11.1. The Morgan fingerprint density at radius 2 is 2.27 bits per heavy atom. The van der Waals surface area contributed by atoms with E-state index in [-0.39, 0.29) is 17.9 Å². The molecule has 2 N–H and O–H groups in total. The van der Waals surface area contributed by atoms with E-state index in [0.29, 0.717) is 29.0 Å². The molecule has 114 valence electrons. The summed E-state index contributed by atoms with van der Waals surface area (Å²) in [6.07, 6.45) is 3.71. The van der Waals surface area contributed by atoms with E-state index < -0.39 is 0 Å². The summed E-state index contributed by atoms with van der Waals surface area (Å²) in [6.45, 7) is 1.70. The minimum absolute atomic E-state index is 0.0990. The van der Waals surface area contributed by atoms with Gasteiger partial charge in [0, 0.05) is 17.8 Å². The van der Waals surface area contributed by atoms with E-state index in [0.717, 1.165) is 0 Å². The minimum Gasteiger partial charge on any atom is -0.486 e. The lowest BCUT2D eigenvalue weighted by Gasteiger charge is -2.11. The average molecular weight is 300 g/mol. The zero-order valence-electron chi connectivity index (χ0n) is 12.3. The predicted octanol–water partition coefficient (Wildman–Crippen LogP) is 1.61. The second-order valence-corrected chi connectivity index (χ2v) is 4.51. The van der Waals surface area contributed by atoms with E-state index in [9.17, 15) is 4.79 Å². The topological polar surface area (TPSA) is 101 Å². The molecule has 0 aliphatic rings. The van der Waals surface area contributed by atoms with Crippen LogP contribution in [0.5, 0.6) is 11.6 Å². The number of hydrogen-bond donors (Lipinski definition) is 2. The molecular formula is C15H16N4O3. The van der Waals surface area contributed by atoms with Crippen LogP contribution in [0.1, 0.15) is 22.8 Å². The van der Waals surface area contributed by atoms with Crippen LogP contribution in [-0.4, -0.2) is 28.8 Å². The minimum atomic E-state index is 0.0990. The molecule has 0 radical (unpaired) electrons. The average Bonchev–Trinajstić information content (AvgIpc) is 2.53. The highest BCUT2D eigenvalue weighted by Gasteiger charge is 2.08. The van der Waals surface area contributed by atoms with Crippen LogP contribution in [-0.2, 0) is 6.61 Å². The Balaban J connectivity index is 2.24. The zero-order chi connectivity index (χ0) is 16.1. The molecule has 0 aliphatic heterocycles. The summed E-state index contributed by atoms with van der Waals surface area (Å²) in [6, 6.07) is 4.96. The quantitative estimate of drug-likeness (QED) is 0.497. The first-order chi connectivity index (χ1) is 10.6. The fourth-order valence-corrected chi connectivity index (χ4v) is 1.87. The standard InChI is InChI=1S/C15H16N4O3/c1-10(16)19-5-3-4-11(15(19)17)9-22-13-7-18-14(21-2)6-12(13)8-20/h3-8,16-17H,9H2,1-2H3. The maximum Gasteiger partial charge on any atom is 0.213 e. The van der Waals surface area contributed by atoms with Gasteiger partial charge in [-0.15, -0.1) is 0 Å². The Hall–Kier alpha value is -2.96. The molecule has 0 aliphatic carbocycles. The normalized spacial score (nSPS) is 10.1. The van der Waals surface area contributed by atoms with Crippen LogP contribution in [0, 0.1) is 10.8 Å². The van der Waals surface area contributed by atoms with Crippen molar-refractivity contribution >= 4 is 12.1 Å². The molecule has 22 heavy (non-hydrogen) atoms. The number of nitrogens with zero attached hydrogens (tertiary/aromatic N) is 2. The first-order valence-electron chi connectivity index (χ1n) is 6.49. The number of rotatable bonds is 5. The monoisotopic (exact) mass is 300 g/mol. The van der Waals surface area contributed by atoms with Gasteiger partial charge >= 0.3 is 0 Å². The van der Waals surface area contributed by atoms with E-state index in [2.05, 4.69) is 4.98 Å². The SMILES string of the molecule is COc1cc(C=O)c(OCc2cccn(C(C)=N)c2=N)cn1. The highest BCUT2D eigenvalue weighted by Crippen LogP contribution is 2.20. The molecule has 2 heterocycles. The zero-order valence-corrected chi connectivity index (χ0v) is 12.3. The van der Waals surface area contributed by atoms with E-state index >= 15 is 0 Å². The van der Waals surface area contributed by atoms with E-state index in [1.54, 1.807) is 25.3 Å². The molecule has 2 rings (SSSR count). The maximum atomic E-state index is 11.1. The van der Waals surface area contributed by atoms with Gasteiger partial charge in [-0.25, -0.2) is 4.98 Å². The Labute approximate surface area is 127 Å². The molecule has 0 saturated carbocycles. The number of hydrogen-bond acceptors (Lipinski definition) is 6. The number of aldehydes is 1. The van der Waals surface area contributed by atoms with Crippen molar-refractivity contribution in [3.63, 3.8) is 0 Å². The Morgan fingerprint density at radius 3 is 2.91 bits per heavy atom. The second-order valence-electron chi connectivity index (χ2n) is 4.51. The Kier molecular flexibility index (Phi) is 4.67. The van der Waals surface area contributed by atoms with Crippen molar-refractivity contribution in [2.45, 2.75) is 13.5 Å². The fourth-order valence-electron chi connectivity index (χ4n) is 1.87. The first kappa shape index (κ1) is 15.4. The van der Waals surface area contributed by atoms with Gasteiger partial charge in [-0.2, -0.15) is 0 Å². The molecule has 0 aromatic carbocycles. The highest BCUT2D eigenvalue weighted by molar-refractivity contribution is 5.79. The van der Waals surface area contributed by atoms with Gasteiger partial charge in [-0.1, -0.05) is 6.07 Å². The predicted molar refractivity (Wildman–Crippen MR) is 79.6 cm³/mol. The summed E-state index contributed by atoms with van der Waals surface area (Å²) in [4.78, 5) is 15.1. The molecule has 2 aromatic heterocycles. The van der Waals surface area contributed by atoms with Crippen molar-refractivity contribution in [2.24, 2.45) is 0 Å². The van der Waals surface area contributed by atoms with Crippen LogP contribution in [0.25, 0.3) is 0 Å². The number of nitrogens with one attached hydrogen (secondary N) is 2. The number of carbonyl (C=O) groups excluding carboxylic acids is 1. The molecule has 0 unspecified atom stereocenters. The van der Waals surface area contributed by atoms with Crippen LogP contribution in [0.3, 0.4) is 0 Å². The largest absolute Gasteiger partial charge is 0.486 e. The summed E-state index contributed by atoms with van der Waals surface area (Å²) in [7, 11) is 1.46. The molecule has 7 heteroatoms. The van der Waals surface area contributed by atoms with Crippen molar-refractivity contribution in [3.05, 3.63) is 47.2 Å². The van der Waals surface area contributed by atoms with Gasteiger partial charge in [0.1, 0.15) is 23.7 Å². The van der Waals surface area contributed by atoms with E-state index in [1.807, 2.05) is 0 Å². The van der Waals surface area contributed by atoms with Crippen LogP contribution < -0.4 is 15.0 Å². The van der Waals surface area contributed by atoms with Crippen molar-refractivity contribution in [3.8, 4) is 11.6 Å². The van der Waals surface area contributed by atoms with Crippen LogP contribution in [0.4, 0.5) is 0 Å². The number of ether oxygens (including phenoxy) is 2. The van der Waals surface area contributed by atoms with Crippen LogP contribution >= 0.6 is 0 Å². The number of methoxy groups -OCH3 is 1. The Bertz CT molecular complexity index is 768. The third kappa shape index (κ3) is 3.20. The molecule has 0 atom stereocenters. The van der Waals surface area contributed by atoms with E-state index in [4.69, 9.17) is 20.3 Å². The summed E-state index contributed by atoms with van der Waals surface area (Å²) < 4.78 is 12.0. The lowest BCUT2D eigenvalue weighted by Crippen LogP contribution is -2.27. The third-order valence-corrected chi connectivity index (χ3v) is 3.03. The molecule has 0 spiro atoms. The molecular weight excluding hydrogens is 284 g/mol. The molecule has 0 amide bonds. The smallest absolute Gasteiger partial charge is 0.213 e. The van der Waals surface area contributed by atoms with Crippen LogP contribution in [0.2, 0.25) is 0 Å². The lowest BCUT2D eigenvalue weighted by molar-refractivity contribution is 0.111. The van der Waals surface area contributed by atoms with Crippen molar-refractivity contribution in [1.29, 1.82) is 10.8 Å². The van der Waals surface area contributed by atoms with Crippen molar-refractivity contribution in [1.82, 2.24) is 9.55 Å². The molecule has 7 nitrogen and oxygen atoms in total. The van der Waals surface area contributed by atoms with Gasteiger partial charge in [0.15, 0.2) is 6.29 Å². The van der Waals surface area contributed by atoms with Crippen LogP contribution in [0.15, 0.2) is 30.6 Å². The van der Waals surface area contributed by atoms with Crippen molar-refractivity contribution < 1.29 is 14.3 Å². The van der Waals surface area contributed by atoms with Gasteiger partial charge in [0.2, 0.25) is 5.88 Å². The molecule has 2 aromatic rings. The summed E-state index contributed by atoms with van der Waals surface area (Å²) in [5, 5.41) is 15.7. The van der Waals surface area contributed by atoms with Gasteiger partial charge in [0.25, 0.3) is 0 Å². The summed E-state index contributed by atoms with van der Waals surface area (Å²) in [5.74, 6) is 0.885. The lowest BCUT2D eigenvalue weighted by atomic mass is 10.2. The fraction of sp³-hybridized carbons (Fsp3) is 0.200. The van der Waals surface area contributed by atoms with Gasteiger partial charge in [-0.3, -0.25) is 20.2 Å². The van der Waals surface area contributed by atoms with Gasteiger partial charge < -0.3 is 9.47 Å². The number of pyridine rings is 2. The molecule has 0 saturated heterocycles. The van der Waals surface area contributed by atoms with Crippen molar-refractivity contribution in [2.75, 3.05) is 7.11 Å².